The van der Waals surface area contributed by atoms with Crippen molar-refractivity contribution in [1.29, 1.82) is 0 Å². The smallest absolute Gasteiger partial charge is 0.317 e. The number of carbonyl (C=O) groups is 1. The Kier molecular flexibility index (Phi) is 6.86. The number of hydrogen-bond acceptors (Lipinski definition) is 2. The molecule has 0 aliphatic heterocycles. The van der Waals surface area contributed by atoms with Gasteiger partial charge < -0.3 is 10.2 Å². The van der Waals surface area contributed by atoms with Gasteiger partial charge in [0.2, 0.25) is 0 Å². The molecule has 2 amide bonds. The van der Waals surface area contributed by atoms with Gasteiger partial charge in [-0.3, -0.25) is 0 Å². The van der Waals surface area contributed by atoms with Crippen LogP contribution in [0.4, 0.5) is 4.79 Å². The fraction of sp³-hybridized carbons (Fsp3) is 0.889. The zero-order chi connectivity index (χ0) is 10.3. The van der Waals surface area contributed by atoms with E-state index < -0.39 is 0 Å². The highest BCUT2D eigenvalue weighted by molar-refractivity contribution is 7.98. The van der Waals surface area contributed by atoms with E-state index in [0.717, 1.165) is 18.7 Å². The molecule has 78 valence electrons. The quantitative estimate of drug-likeness (QED) is 0.740. The predicted octanol–water partition coefficient (Wildman–Crippen LogP) is 1.79. The van der Waals surface area contributed by atoms with Crippen LogP contribution < -0.4 is 5.32 Å². The Morgan fingerprint density at radius 1 is 1.54 bits per heavy atom. The molecule has 1 N–H and O–H groups in total. The number of rotatable bonds is 5. The van der Waals surface area contributed by atoms with Gasteiger partial charge in [-0.2, -0.15) is 11.8 Å². The van der Waals surface area contributed by atoms with Crippen molar-refractivity contribution in [2.24, 2.45) is 0 Å². The molecule has 0 aliphatic rings. The number of thioether (sulfide) groups is 1. The Balaban J connectivity index is 3.85. The van der Waals surface area contributed by atoms with Crippen LogP contribution in [0.2, 0.25) is 0 Å². The number of carbonyl (C=O) groups excluding carboxylic acids is 1. The number of amides is 2. The number of hydrogen-bond donors (Lipinski definition) is 1. The third-order valence-electron chi connectivity index (χ3n) is 2.01. The zero-order valence-corrected chi connectivity index (χ0v) is 9.78. The van der Waals surface area contributed by atoms with Crippen molar-refractivity contribution in [3.05, 3.63) is 0 Å². The summed E-state index contributed by atoms with van der Waals surface area (Å²) in [6.45, 7) is 4.81. The molecule has 0 saturated heterocycles. The predicted molar refractivity (Wildman–Crippen MR) is 59.3 cm³/mol. The Hall–Kier alpha value is -0.380. The third-order valence-corrected chi connectivity index (χ3v) is 2.74. The van der Waals surface area contributed by atoms with Crippen molar-refractivity contribution < 1.29 is 4.79 Å². The van der Waals surface area contributed by atoms with Crippen molar-refractivity contribution in [3.63, 3.8) is 0 Å². The van der Waals surface area contributed by atoms with Gasteiger partial charge in [0, 0.05) is 25.4 Å². The lowest BCUT2D eigenvalue weighted by Crippen LogP contribution is -2.43. The van der Waals surface area contributed by atoms with Crippen molar-refractivity contribution in [2.75, 3.05) is 25.6 Å². The van der Waals surface area contributed by atoms with Gasteiger partial charge in [0.15, 0.2) is 0 Å². The van der Waals surface area contributed by atoms with Gasteiger partial charge in [-0.25, -0.2) is 4.79 Å². The molecule has 0 aromatic heterocycles. The summed E-state index contributed by atoms with van der Waals surface area (Å²) in [5.41, 5.74) is 0. The molecule has 1 unspecified atom stereocenters. The summed E-state index contributed by atoms with van der Waals surface area (Å²) in [4.78, 5) is 13.1. The average molecular weight is 204 g/mol. The first kappa shape index (κ1) is 12.6. The maximum absolute atomic E-state index is 11.4. The lowest BCUT2D eigenvalue weighted by molar-refractivity contribution is 0.207. The second-order valence-electron chi connectivity index (χ2n) is 3.02. The van der Waals surface area contributed by atoms with Gasteiger partial charge >= 0.3 is 6.03 Å². The van der Waals surface area contributed by atoms with Crippen molar-refractivity contribution in [1.82, 2.24) is 10.2 Å². The standard InChI is InChI=1S/C9H20N2OS/c1-5-8(7-13-4)10-9(12)11(3)6-2/h8H,5-7H2,1-4H3,(H,10,12). The first-order chi connectivity index (χ1) is 6.15. The zero-order valence-electron chi connectivity index (χ0n) is 8.96. The summed E-state index contributed by atoms with van der Waals surface area (Å²) < 4.78 is 0. The van der Waals surface area contributed by atoms with Crippen LogP contribution >= 0.6 is 11.8 Å². The average Bonchev–Trinajstić information content (AvgIpc) is 2.15. The number of nitrogens with one attached hydrogen (secondary N) is 1. The lowest BCUT2D eigenvalue weighted by Gasteiger charge is -2.21. The van der Waals surface area contributed by atoms with Gasteiger partial charge in [0.1, 0.15) is 0 Å². The number of nitrogens with zero attached hydrogens (tertiary/aromatic N) is 1. The highest BCUT2D eigenvalue weighted by atomic mass is 32.2. The molecule has 0 radical (unpaired) electrons. The first-order valence-corrected chi connectivity index (χ1v) is 6.05. The Bertz CT molecular complexity index is 153. The summed E-state index contributed by atoms with van der Waals surface area (Å²) >= 11 is 1.76. The molecule has 0 aromatic rings. The molecule has 0 bridgehead atoms. The highest BCUT2D eigenvalue weighted by Crippen LogP contribution is 2.01. The fourth-order valence-corrected chi connectivity index (χ4v) is 1.61. The van der Waals surface area contributed by atoms with E-state index >= 15 is 0 Å². The molecule has 0 aromatic carbocycles. The minimum absolute atomic E-state index is 0.0309. The summed E-state index contributed by atoms with van der Waals surface area (Å²) in [6, 6.07) is 0.333. The molecule has 0 saturated carbocycles. The van der Waals surface area contributed by atoms with Crippen LogP contribution in [0, 0.1) is 0 Å². The molecule has 0 aliphatic carbocycles. The molecule has 0 rings (SSSR count). The third kappa shape index (κ3) is 5.03. The normalized spacial score (nSPS) is 12.3. The second-order valence-corrected chi connectivity index (χ2v) is 3.93. The van der Waals surface area contributed by atoms with Crippen LogP contribution in [0.5, 0.6) is 0 Å². The van der Waals surface area contributed by atoms with Gasteiger partial charge in [0.25, 0.3) is 0 Å². The Morgan fingerprint density at radius 3 is 2.54 bits per heavy atom. The van der Waals surface area contributed by atoms with Gasteiger partial charge in [-0.1, -0.05) is 6.92 Å². The molecule has 0 heterocycles. The summed E-state index contributed by atoms with van der Waals surface area (Å²) in [6.07, 6.45) is 3.04. The van der Waals surface area contributed by atoms with Gasteiger partial charge in [0.05, 0.1) is 0 Å². The number of urea groups is 1. The Labute approximate surface area is 85.3 Å². The largest absolute Gasteiger partial charge is 0.334 e. The van der Waals surface area contributed by atoms with E-state index in [1.54, 1.807) is 23.7 Å². The first-order valence-electron chi connectivity index (χ1n) is 4.66. The molecule has 0 spiro atoms. The maximum atomic E-state index is 11.4. The van der Waals surface area contributed by atoms with E-state index in [1.165, 1.54) is 0 Å². The minimum atomic E-state index is 0.0309. The highest BCUT2D eigenvalue weighted by Gasteiger charge is 2.11. The van der Waals surface area contributed by atoms with E-state index in [9.17, 15) is 4.79 Å². The van der Waals surface area contributed by atoms with Gasteiger partial charge in [-0.05, 0) is 19.6 Å². The van der Waals surface area contributed by atoms with Crippen LogP contribution in [0.25, 0.3) is 0 Å². The molecular weight excluding hydrogens is 184 g/mol. The van der Waals surface area contributed by atoms with Crippen LogP contribution in [0.3, 0.4) is 0 Å². The summed E-state index contributed by atoms with van der Waals surface area (Å²) in [7, 11) is 1.81. The molecule has 0 fully saturated rings. The van der Waals surface area contributed by atoms with Crippen LogP contribution in [0.1, 0.15) is 20.3 Å². The SMILES string of the molecule is CCC(CSC)NC(=O)N(C)CC. The Morgan fingerprint density at radius 2 is 2.15 bits per heavy atom. The lowest BCUT2D eigenvalue weighted by atomic mass is 10.3. The van der Waals surface area contributed by atoms with Crippen LogP contribution in [-0.4, -0.2) is 42.6 Å². The second kappa shape index (κ2) is 7.06. The van der Waals surface area contributed by atoms with Crippen molar-refractivity contribution in [2.45, 2.75) is 26.3 Å². The summed E-state index contributed by atoms with van der Waals surface area (Å²) in [5, 5.41) is 2.98. The van der Waals surface area contributed by atoms with E-state index in [0.29, 0.717) is 6.04 Å². The molecule has 4 heteroatoms. The monoisotopic (exact) mass is 204 g/mol. The van der Waals surface area contributed by atoms with E-state index in [2.05, 4.69) is 18.5 Å². The topological polar surface area (TPSA) is 32.3 Å². The molecule has 1 atom stereocenters. The minimum Gasteiger partial charge on any atom is -0.334 e. The van der Waals surface area contributed by atoms with Crippen molar-refractivity contribution in [3.8, 4) is 0 Å². The van der Waals surface area contributed by atoms with Crippen LogP contribution in [-0.2, 0) is 0 Å². The van der Waals surface area contributed by atoms with Crippen LogP contribution in [0.15, 0.2) is 0 Å². The van der Waals surface area contributed by atoms with E-state index in [1.807, 2.05) is 6.92 Å². The summed E-state index contributed by atoms with van der Waals surface area (Å²) in [5.74, 6) is 0.986. The fourth-order valence-electron chi connectivity index (χ4n) is 0.891. The van der Waals surface area contributed by atoms with Gasteiger partial charge in [-0.15, -0.1) is 0 Å². The maximum Gasteiger partial charge on any atom is 0.317 e. The molecule has 3 nitrogen and oxygen atoms in total. The van der Waals surface area contributed by atoms with E-state index in [-0.39, 0.29) is 6.03 Å². The van der Waals surface area contributed by atoms with E-state index in [4.69, 9.17) is 0 Å². The molecule has 13 heavy (non-hydrogen) atoms. The molecular formula is C9H20N2OS. The van der Waals surface area contributed by atoms with Crippen molar-refractivity contribution >= 4 is 17.8 Å².